The molecule has 2 atom stereocenters. The van der Waals surface area contributed by atoms with Crippen LogP contribution in [0.15, 0.2) is 132 Å². The normalized spacial score (nSPS) is 14.8. The molecule has 4 heterocycles. The Bertz CT molecular complexity index is 2950. The summed E-state index contributed by atoms with van der Waals surface area (Å²) in [6.45, 7) is 0.114. The first-order valence-electron chi connectivity index (χ1n) is 20.0. The molecule has 0 spiro atoms. The number of urea groups is 1. The number of anilines is 2. The van der Waals surface area contributed by atoms with Crippen molar-refractivity contribution in [2.45, 2.75) is 24.8 Å². The Labute approximate surface area is 436 Å². The van der Waals surface area contributed by atoms with Gasteiger partial charge >= 0.3 is 24.1 Å². The molecule has 0 radical (unpaired) electrons. The van der Waals surface area contributed by atoms with E-state index in [1.165, 1.54) is 35.5 Å². The summed E-state index contributed by atoms with van der Waals surface area (Å²) in [7, 11) is 0. The van der Waals surface area contributed by atoms with Crippen LogP contribution in [0.4, 0.5) is 47.3 Å². The number of nitriles is 2. The second kappa shape index (κ2) is 25.0. The summed E-state index contributed by atoms with van der Waals surface area (Å²) in [6, 6.07) is 26.0. The molecule has 8 rings (SSSR count). The molecule has 72 heavy (non-hydrogen) atoms. The minimum atomic E-state index is -4.85. The first-order valence-corrected chi connectivity index (χ1v) is 21.9. The summed E-state index contributed by atoms with van der Waals surface area (Å²) in [5.41, 5.74) is 6.56. The molecule has 0 saturated carbocycles. The van der Waals surface area contributed by atoms with Gasteiger partial charge in [0, 0.05) is 44.9 Å². The summed E-state index contributed by atoms with van der Waals surface area (Å²) < 4.78 is 84.0. The Balaban J connectivity index is 0.000000219. The number of nitrogens with one attached hydrogen (secondary N) is 1. The van der Waals surface area contributed by atoms with E-state index in [9.17, 15) is 41.2 Å². The van der Waals surface area contributed by atoms with Gasteiger partial charge in [-0.2, -0.15) is 30.9 Å². The maximum Gasteiger partial charge on any atom is 0.573 e. The van der Waals surface area contributed by atoms with E-state index < -0.39 is 41.7 Å². The van der Waals surface area contributed by atoms with Crippen LogP contribution in [-0.4, -0.2) is 86.3 Å². The number of halogens is 12. The number of nitrogens with zero attached hydrogens (tertiary/aromatic N) is 11. The predicted octanol–water partition coefficient (Wildman–Crippen LogP) is 11.9. The molecule has 2 aliphatic heterocycles. The SMILES string of the molecule is Cl.Clc1ccc(C2=NNCC2n2cc(Cl)cn2)cc1.N#CCN(C(=O)Cl)c1ccc(OC(F)(F)F)cc1.N#CCN(C(=O)N1CC(n2cc(Cl)cn2)C(c2ccc(Cl)cc2)=N1)c1ccc(OC(F)(F)F)cc1. The van der Waals surface area contributed by atoms with Gasteiger partial charge in [0.15, 0.2) is 0 Å². The van der Waals surface area contributed by atoms with Crippen LogP contribution in [-0.2, 0) is 0 Å². The van der Waals surface area contributed by atoms with Gasteiger partial charge in [-0.3, -0.25) is 24.0 Å². The summed E-state index contributed by atoms with van der Waals surface area (Å²) in [5, 5.41) is 37.5. The third kappa shape index (κ3) is 15.5. The minimum absolute atomic E-state index is 0. The zero-order valence-corrected chi connectivity index (χ0v) is 40.7. The summed E-state index contributed by atoms with van der Waals surface area (Å²) in [5.74, 6) is -0.879. The van der Waals surface area contributed by atoms with Gasteiger partial charge in [-0.15, -0.1) is 38.7 Å². The van der Waals surface area contributed by atoms with Gasteiger partial charge in [-0.1, -0.05) is 70.7 Å². The highest BCUT2D eigenvalue weighted by Gasteiger charge is 2.36. The lowest BCUT2D eigenvalue weighted by molar-refractivity contribution is -0.275. The van der Waals surface area contributed by atoms with Crippen molar-refractivity contribution in [3.63, 3.8) is 0 Å². The molecule has 2 aromatic heterocycles. The van der Waals surface area contributed by atoms with E-state index in [4.69, 9.17) is 63.3 Å². The lowest BCUT2D eigenvalue weighted by atomic mass is 10.0. The van der Waals surface area contributed by atoms with Crippen LogP contribution in [0, 0.1) is 22.7 Å². The second-order valence-corrected chi connectivity index (χ2v) is 16.4. The molecule has 3 amide bonds. The molecular weight excluding hydrogens is 1090 g/mol. The molecule has 0 fully saturated rings. The maximum absolute atomic E-state index is 13.4. The number of hydrazone groups is 2. The highest BCUT2D eigenvalue weighted by atomic mass is 35.5. The molecule has 28 heteroatoms. The molecule has 2 unspecified atom stereocenters. The molecule has 0 bridgehead atoms. The van der Waals surface area contributed by atoms with Crippen molar-refractivity contribution in [2.75, 3.05) is 36.0 Å². The molecule has 0 saturated heterocycles. The largest absolute Gasteiger partial charge is 0.573 e. The summed E-state index contributed by atoms with van der Waals surface area (Å²) in [6.07, 6.45) is -3.16. The highest BCUT2D eigenvalue weighted by molar-refractivity contribution is 6.66. The smallest absolute Gasteiger partial charge is 0.406 e. The van der Waals surface area contributed by atoms with Crippen molar-refractivity contribution in [3.05, 3.63) is 153 Å². The van der Waals surface area contributed by atoms with Crippen LogP contribution in [0.1, 0.15) is 23.2 Å². The first-order chi connectivity index (χ1) is 33.7. The van der Waals surface area contributed by atoms with Crippen molar-refractivity contribution in [3.8, 4) is 23.6 Å². The highest BCUT2D eigenvalue weighted by Crippen LogP contribution is 2.31. The number of benzene rings is 4. The number of alkyl halides is 6. The van der Waals surface area contributed by atoms with Gasteiger partial charge in [0.05, 0.1) is 59.1 Å². The van der Waals surface area contributed by atoms with Crippen molar-refractivity contribution >= 4 is 105 Å². The Morgan fingerprint density at radius 3 is 1.50 bits per heavy atom. The standard InChI is InChI=1S/C22H15Cl2F3N6O2.C12H10Cl2N4.C10H6ClF3N2O2.ClH/c23-15-3-1-14(2-4-15)20-19(32-12-16(24)11-29-32)13-33(30-20)21(34)31(10-9-28)17-5-7-18(8-6-17)35-22(25,26)27;13-9-3-1-8(2-4-9)12-11(6-15-17-12)18-7-10(14)5-16-18;11-9(17)16(6-5-15)7-1-3-8(4-2-7)18-10(12,13)14;/h1-8,11-12,19H,10,13H2;1-5,7,11,15H,6H2;1-4H,6H2;1H. The third-order valence-electron chi connectivity index (χ3n) is 9.63. The van der Waals surface area contributed by atoms with Crippen LogP contribution in [0.2, 0.25) is 20.1 Å². The average Bonchev–Trinajstić information content (AvgIpc) is 4.16. The van der Waals surface area contributed by atoms with Crippen molar-refractivity contribution in [1.29, 1.82) is 10.5 Å². The van der Waals surface area contributed by atoms with Crippen molar-refractivity contribution in [1.82, 2.24) is 30.0 Å². The summed E-state index contributed by atoms with van der Waals surface area (Å²) >= 11 is 29.0. The number of carbonyl (C=O) groups is 2. The lowest BCUT2D eigenvalue weighted by Crippen LogP contribution is -2.41. The Morgan fingerprint density at radius 2 is 1.08 bits per heavy atom. The zero-order chi connectivity index (χ0) is 51.5. The van der Waals surface area contributed by atoms with E-state index in [2.05, 4.69) is 35.3 Å². The molecule has 16 nitrogen and oxygen atoms in total. The number of aromatic nitrogens is 4. The van der Waals surface area contributed by atoms with Crippen LogP contribution >= 0.6 is 70.4 Å². The van der Waals surface area contributed by atoms with Crippen molar-refractivity contribution in [2.24, 2.45) is 10.2 Å². The van der Waals surface area contributed by atoms with E-state index in [1.807, 2.05) is 35.0 Å². The number of amides is 3. The quantitative estimate of drug-likeness (QED) is 0.0604. The van der Waals surface area contributed by atoms with Crippen LogP contribution in [0.25, 0.3) is 0 Å². The molecule has 1 N–H and O–H groups in total. The fraction of sp³-hybridized carbons (Fsp3) is 0.182. The maximum atomic E-state index is 13.4. The van der Waals surface area contributed by atoms with Gasteiger partial charge in [-0.05, 0) is 84.4 Å². The number of ether oxygens (including phenoxy) is 2. The molecular formula is C44H32Cl6F6N12O4. The van der Waals surface area contributed by atoms with Crippen LogP contribution in [0.5, 0.6) is 11.5 Å². The molecule has 0 aliphatic carbocycles. The van der Waals surface area contributed by atoms with Gasteiger partial charge in [0.1, 0.15) is 36.7 Å². The van der Waals surface area contributed by atoms with E-state index in [-0.39, 0.29) is 49.5 Å². The average molecular weight is 1120 g/mol. The second-order valence-electron chi connectivity index (χ2n) is 14.4. The van der Waals surface area contributed by atoms with Crippen LogP contribution < -0.4 is 24.7 Å². The number of hydrogen-bond acceptors (Lipinski definition) is 11. The van der Waals surface area contributed by atoms with Gasteiger partial charge in [-0.25, -0.2) is 9.80 Å². The van der Waals surface area contributed by atoms with E-state index in [0.717, 1.165) is 45.3 Å². The number of hydrogen-bond donors (Lipinski definition) is 1. The third-order valence-corrected chi connectivity index (χ3v) is 10.7. The van der Waals surface area contributed by atoms with Gasteiger partial charge in [0.25, 0.3) is 0 Å². The number of carbonyl (C=O) groups excluding carboxylic acids is 2. The Morgan fingerprint density at radius 1 is 0.653 bits per heavy atom. The molecule has 376 valence electrons. The zero-order valence-electron chi connectivity index (χ0n) is 36.1. The predicted molar refractivity (Wildman–Crippen MR) is 259 cm³/mol. The minimum Gasteiger partial charge on any atom is -0.406 e. The van der Waals surface area contributed by atoms with Gasteiger partial charge < -0.3 is 14.9 Å². The first kappa shape index (κ1) is 56.0. The fourth-order valence-corrected chi connectivity index (χ4v) is 7.30. The molecule has 2 aliphatic rings. The Hall–Kier alpha value is -6.92. The molecule has 6 aromatic rings. The van der Waals surface area contributed by atoms with E-state index in [0.29, 0.717) is 37.9 Å². The molecule has 4 aromatic carbocycles. The van der Waals surface area contributed by atoms with Crippen LogP contribution in [0.3, 0.4) is 0 Å². The van der Waals surface area contributed by atoms with E-state index >= 15 is 0 Å². The Kier molecular flexibility index (Phi) is 19.4. The summed E-state index contributed by atoms with van der Waals surface area (Å²) in [4.78, 5) is 26.3. The topological polar surface area (TPSA) is 182 Å². The lowest BCUT2D eigenvalue weighted by Gasteiger charge is -2.24. The number of rotatable bonds is 10. The fourth-order valence-electron chi connectivity index (χ4n) is 6.60. The van der Waals surface area contributed by atoms with Crippen molar-refractivity contribution < 1.29 is 45.4 Å². The van der Waals surface area contributed by atoms with E-state index in [1.54, 1.807) is 53.6 Å². The monoisotopic (exact) mass is 1120 g/mol. The van der Waals surface area contributed by atoms with Gasteiger partial charge in [0.2, 0.25) is 0 Å².